The van der Waals surface area contributed by atoms with Gasteiger partial charge in [-0.1, -0.05) is 13.0 Å². The molecule has 31 heavy (non-hydrogen) atoms. The average Bonchev–Trinajstić information content (AvgIpc) is 3.45. The van der Waals surface area contributed by atoms with E-state index in [1.54, 1.807) is 0 Å². The molecule has 1 aliphatic heterocycles. The van der Waals surface area contributed by atoms with Gasteiger partial charge in [0.1, 0.15) is 0 Å². The summed E-state index contributed by atoms with van der Waals surface area (Å²) in [6.45, 7) is 2.20. The summed E-state index contributed by atoms with van der Waals surface area (Å²) >= 11 is 0. The summed E-state index contributed by atoms with van der Waals surface area (Å²) < 4.78 is 27.2. The van der Waals surface area contributed by atoms with Gasteiger partial charge in [-0.3, -0.25) is 4.90 Å². The molecule has 1 heterocycles. The molecular weight excluding hydrogens is 418 g/mol. The fourth-order valence-electron chi connectivity index (χ4n) is 5.33. The first-order chi connectivity index (χ1) is 14.7. The van der Waals surface area contributed by atoms with E-state index in [-0.39, 0.29) is 0 Å². The molecule has 0 saturated carbocycles. The summed E-state index contributed by atoms with van der Waals surface area (Å²) in [5.41, 5.74) is 4.65. The molecule has 0 bridgehead atoms. The molecule has 0 radical (unpaired) electrons. The van der Waals surface area contributed by atoms with Gasteiger partial charge in [-0.25, -0.2) is 22.7 Å². The molecule has 1 saturated heterocycles. The third kappa shape index (κ3) is 4.15. The highest BCUT2D eigenvalue weighted by atomic mass is 32.2. The maximum atomic E-state index is 12.6. The van der Waals surface area contributed by atoms with Gasteiger partial charge < -0.3 is 10.4 Å². The molecule has 168 valence electrons. The largest absolute Gasteiger partial charge is 0.465 e. The van der Waals surface area contributed by atoms with E-state index in [4.69, 9.17) is 0 Å². The van der Waals surface area contributed by atoms with Gasteiger partial charge in [0.2, 0.25) is 0 Å². The zero-order valence-corrected chi connectivity index (χ0v) is 18.6. The van der Waals surface area contributed by atoms with E-state index in [1.807, 2.05) is 6.92 Å². The number of rotatable bonds is 5. The van der Waals surface area contributed by atoms with Crippen LogP contribution in [0.1, 0.15) is 61.3 Å². The smallest absolute Gasteiger partial charge is 0.408 e. The van der Waals surface area contributed by atoms with Crippen LogP contribution in [0.3, 0.4) is 0 Å². The minimum atomic E-state index is -4.08. The van der Waals surface area contributed by atoms with Crippen LogP contribution in [0.4, 0.5) is 15.3 Å². The number of nitrogens with zero attached hydrogens (tertiary/aromatic N) is 1. The molecule has 1 aromatic carbocycles. The Morgan fingerprint density at radius 3 is 2.35 bits per heavy atom. The fraction of sp³-hybridized carbons (Fsp3) is 0.545. The van der Waals surface area contributed by atoms with Gasteiger partial charge in [0.25, 0.3) is 10.0 Å². The maximum absolute atomic E-state index is 12.6. The number of likely N-dealkylation sites (tertiary alicyclic amines) is 1. The number of carbonyl (C=O) groups excluding carboxylic acids is 1. The standard InChI is InChI=1S/C22H29N3O5S/c1-2-22(10-5-12-25(22)21(27)28)11-13-31(29,30)24-20(26)23-19-17-8-3-6-15(17)14-16-7-4-9-18(16)19/h11,13-14H,2-10,12H2,1H3,(H,27,28)(H2,23,24,26). The van der Waals surface area contributed by atoms with E-state index in [0.29, 0.717) is 25.8 Å². The van der Waals surface area contributed by atoms with Crippen molar-refractivity contribution in [2.45, 2.75) is 70.3 Å². The summed E-state index contributed by atoms with van der Waals surface area (Å²) in [5, 5.41) is 13.2. The molecule has 0 aromatic heterocycles. The van der Waals surface area contributed by atoms with Crippen LogP contribution >= 0.6 is 0 Å². The first-order valence-electron chi connectivity index (χ1n) is 10.9. The summed E-state index contributed by atoms with van der Waals surface area (Å²) in [6.07, 6.45) is 7.82. The summed E-state index contributed by atoms with van der Waals surface area (Å²) in [5.74, 6) is 0. The lowest BCUT2D eigenvalue weighted by atomic mass is 9.93. The van der Waals surface area contributed by atoms with Crippen molar-refractivity contribution in [1.82, 2.24) is 9.62 Å². The van der Waals surface area contributed by atoms with Crippen molar-refractivity contribution in [1.29, 1.82) is 0 Å². The molecule has 1 atom stereocenters. The summed E-state index contributed by atoms with van der Waals surface area (Å²) in [7, 11) is -4.08. The minimum absolute atomic E-state index is 0.367. The first kappa shape index (κ1) is 21.7. The monoisotopic (exact) mass is 447 g/mol. The van der Waals surface area contributed by atoms with E-state index in [0.717, 1.165) is 60.7 Å². The number of hydrogen-bond donors (Lipinski definition) is 3. The van der Waals surface area contributed by atoms with Crippen LogP contribution in [0, 0.1) is 0 Å². The number of hydrogen-bond acceptors (Lipinski definition) is 4. The van der Waals surface area contributed by atoms with E-state index in [2.05, 4.69) is 16.1 Å². The van der Waals surface area contributed by atoms with Gasteiger partial charge >= 0.3 is 12.1 Å². The molecule has 3 amide bonds. The summed E-state index contributed by atoms with van der Waals surface area (Å²) in [6, 6.07) is 1.46. The Balaban J connectivity index is 1.51. The molecule has 1 unspecified atom stereocenters. The normalized spacial score (nSPS) is 22.5. The Kier molecular flexibility index (Phi) is 5.72. The quantitative estimate of drug-likeness (QED) is 0.638. The zero-order valence-electron chi connectivity index (χ0n) is 17.7. The number of urea groups is 1. The molecule has 4 rings (SSSR count). The first-order valence-corrected chi connectivity index (χ1v) is 12.5. The number of carbonyl (C=O) groups is 2. The number of fused-ring (bicyclic) bond motifs is 2. The number of anilines is 1. The van der Waals surface area contributed by atoms with Crippen LogP contribution in [0.2, 0.25) is 0 Å². The van der Waals surface area contributed by atoms with E-state index in [9.17, 15) is 23.1 Å². The van der Waals surface area contributed by atoms with Gasteiger partial charge in [0.05, 0.1) is 5.54 Å². The van der Waals surface area contributed by atoms with Crippen molar-refractivity contribution >= 4 is 27.8 Å². The minimum Gasteiger partial charge on any atom is -0.465 e. The second kappa shape index (κ2) is 8.18. The van der Waals surface area contributed by atoms with Crippen LogP contribution in [0.25, 0.3) is 0 Å². The van der Waals surface area contributed by atoms with Crippen LogP contribution in [0.5, 0.6) is 0 Å². The lowest BCUT2D eigenvalue weighted by molar-refractivity contribution is 0.119. The number of sulfonamides is 1. The Morgan fingerprint density at radius 1 is 1.13 bits per heavy atom. The Hall–Kier alpha value is -2.55. The number of nitrogens with one attached hydrogen (secondary N) is 2. The highest BCUT2D eigenvalue weighted by Crippen LogP contribution is 2.38. The average molecular weight is 448 g/mol. The van der Waals surface area contributed by atoms with E-state index in [1.165, 1.54) is 22.1 Å². The molecule has 8 nitrogen and oxygen atoms in total. The van der Waals surface area contributed by atoms with Crippen molar-refractivity contribution in [3.8, 4) is 0 Å². The Morgan fingerprint density at radius 2 is 1.77 bits per heavy atom. The second-order valence-electron chi connectivity index (χ2n) is 8.63. The maximum Gasteiger partial charge on any atom is 0.408 e. The predicted octanol–water partition coefficient (Wildman–Crippen LogP) is 3.55. The third-order valence-electron chi connectivity index (χ3n) is 6.88. The van der Waals surface area contributed by atoms with Gasteiger partial charge in [0.15, 0.2) is 0 Å². The Labute approximate surface area is 182 Å². The molecule has 3 aliphatic rings. The van der Waals surface area contributed by atoms with E-state index < -0.39 is 27.7 Å². The second-order valence-corrected chi connectivity index (χ2v) is 10.2. The number of benzene rings is 1. The zero-order chi connectivity index (χ0) is 22.2. The highest BCUT2D eigenvalue weighted by Gasteiger charge is 2.40. The van der Waals surface area contributed by atoms with Crippen LogP contribution in [-0.4, -0.2) is 42.6 Å². The third-order valence-corrected chi connectivity index (χ3v) is 7.84. The number of carboxylic acid groups (broad SMARTS) is 1. The molecule has 1 fully saturated rings. The van der Waals surface area contributed by atoms with E-state index >= 15 is 0 Å². The molecule has 0 spiro atoms. The van der Waals surface area contributed by atoms with Crippen LogP contribution in [0.15, 0.2) is 17.6 Å². The number of amides is 3. The van der Waals surface area contributed by atoms with Crippen molar-refractivity contribution in [2.75, 3.05) is 11.9 Å². The van der Waals surface area contributed by atoms with Crippen molar-refractivity contribution in [3.63, 3.8) is 0 Å². The van der Waals surface area contributed by atoms with Gasteiger partial charge in [0, 0.05) is 17.6 Å². The molecule has 1 aromatic rings. The van der Waals surface area contributed by atoms with Crippen molar-refractivity contribution in [3.05, 3.63) is 39.8 Å². The molecule has 9 heteroatoms. The van der Waals surface area contributed by atoms with Crippen LogP contribution < -0.4 is 10.0 Å². The highest BCUT2D eigenvalue weighted by molar-refractivity contribution is 7.92. The lowest BCUT2D eigenvalue weighted by Gasteiger charge is -2.33. The molecule has 3 N–H and O–H groups in total. The van der Waals surface area contributed by atoms with Crippen molar-refractivity contribution < 1.29 is 23.1 Å². The lowest BCUT2D eigenvalue weighted by Crippen LogP contribution is -2.45. The molecule has 2 aliphatic carbocycles. The SMILES string of the molecule is CCC1(C=CS(=O)(=O)NC(=O)Nc2c3c(cc4c2CCC4)CCC3)CCCN1C(=O)O. The fourth-order valence-corrected chi connectivity index (χ4v) is 6.14. The predicted molar refractivity (Wildman–Crippen MR) is 118 cm³/mol. The Bertz CT molecular complexity index is 1020. The van der Waals surface area contributed by atoms with Crippen molar-refractivity contribution in [2.24, 2.45) is 0 Å². The topological polar surface area (TPSA) is 116 Å². The number of aryl methyl sites for hydroxylation is 2. The van der Waals surface area contributed by atoms with Gasteiger partial charge in [-0.05, 0) is 86.1 Å². The van der Waals surface area contributed by atoms with Crippen LogP contribution in [-0.2, 0) is 35.7 Å². The van der Waals surface area contributed by atoms with Gasteiger partial charge in [-0.2, -0.15) is 0 Å². The van der Waals surface area contributed by atoms with Gasteiger partial charge in [-0.15, -0.1) is 0 Å². The summed E-state index contributed by atoms with van der Waals surface area (Å²) in [4.78, 5) is 25.4. The molecular formula is C22H29N3O5S.